The molecule has 5 N–H and O–H groups in total. The maximum absolute atomic E-state index is 5.71. The van der Waals surface area contributed by atoms with Gasteiger partial charge in [-0.1, -0.05) is 18.0 Å². The molecule has 1 fully saturated rings. The van der Waals surface area contributed by atoms with Crippen molar-refractivity contribution in [3.63, 3.8) is 0 Å². The summed E-state index contributed by atoms with van der Waals surface area (Å²) in [4.78, 5) is 16.0. The molecule has 170 valence electrons. The number of aromatic amines is 1. The molecule has 0 radical (unpaired) electrons. The van der Waals surface area contributed by atoms with Gasteiger partial charge in [0.25, 0.3) is 0 Å². The number of hydrogen-bond donors (Lipinski definition) is 4. The molecule has 3 heterocycles. The number of nitrogens with one attached hydrogen (secondary N) is 3. The van der Waals surface area contributed by atoms with Crippen LogP contribution in [-0.4, -0.2) is 51.7 Å². The van der Waals surface area contributed by atoms with Gasteiger partial charge < -0.3 is 20.5 Å². The first-order valence-electron chi connectivity index (χ1n) is 10.7. The fraction of sp³-hybridized carbons (Fsp3) is 0.217. The Hall–Kier alpha value is -2.92. The topological polar surface area (TPSA) is 98.1 Å². The summed E-state index contributed by atoms with van der Waals surface area (Å²) in [6, 6.07) is 18.4. The zero-order valence-corrected chi connectivity index (χ0v) is 19.9. The average molecular weight is 479 g/mol. The molecule has 0 saturated carbocycles. The lowest BCUT2D eigenvalue weighted by atomic mass is 10.2. The third-order valence-corrected chi connectivity index (χ3v) is 7.04. The summed E-state index contributed by atoms with van der Waals surface area (Å²) in [6.07, 6.45) is 4.01. The Morgan fingerprint density at radius 1 is 0.939 bits per heavy atom. The molecular formula is C23H26N8S2. The van der Waals surface area contributed by atoms with Crippen LogP contribution < -0.4 is 20.7 Å². The van der Waals surface area contributed by atoms with Crippen molar-refractivity contribution in [3.05, 3.63) is 60.8 Å². The lowest BCUT2D eigenvalue weighted by Gasteiger charge is -2.34. The Labute approximate surface area is 201 Å². The summed E-state index contributed by atoms with van der Waals surface area (Å²) in [5.41, 5.74) is 3.87. The number of piperazine rings is 1. The summed E-state index contributed by atoms with van der Waals surface area (Å²) in [5.74, 6) is 1.25. The fourth-order valence-corrected chi connectivity index (χ4v) is 4.77. The third-order valence-electron chi connectivity index (χ3n) is 5.63. The number of nitrogens with zero attached hydrogens (tertiary/aromatic N) is 4. The van der Waals surface area contributed by atoms with E-state index in [1.807, 2.05) is 48.5 Å². The maximum Gasteiger partial charge on any atom is 0.231 e. The second-order valence-electron chi connectivity index (χ2n) is 7.68. The van der Waals surface area contributed by atoms with Crippen molar-refractivity contribution in [2.75, 3.05) is 48.0 Å². The van der Waals surface area contributed by atoms with E-state index in [1.54, 1.807) is 0 Å². The molecule has 2 aromatic carbocycles. The van der Waals surface area contributed by atoms with E-state index >= 15 is 0 Å². The molecule has 0 unspecified atom stereocenters. The van der Waals surface area contributed by atoms with E-state index in [-0.39, 0.29) is 0 Å². The minimum absolute atomic E-state index is 0.526. The van der Waals surface area contributed by atoms with Crippen LogP contribution in [0, 0.1) is 0 Å². The predicted octanol–water partition coefficient (Wildman–Crippen LogP) is 4.81. The Bertz CT molecular complexity index is 1220. The number of rotatable bonds is 7. The van der Waals surface area contributed by atoms with Crippen LogP contribution in [0.2, 0.25) is 0 Å². The summed E-state index contributed by atoms with van der Waals surface area (Å²) in [7, 11) is 0. The van der Waals surface area contributed by atoms with E-state index in [9.17, 15) is 0 Å². The number of anilines is 5. The third kappa shape index (κ3) is 5.03. The number of H-pyrrole nitrogens is 1. The van der Waals surface area contributed by atoms with Gasteiger partial charge in [0.15, 0.2) is 0 Å². The monoisotopic (exact) mass is 478 g/mol. The van der Waals surface area contributed by atoms with E-state index in [0.29, 0.717) is 5.95 Å². The first-order valence-corrected chi connectivity index (χ1v) is 12.8. The van der Waals surface area contributed by atoms with Crippen molar-refractivity contribution in [1.29, 1.82) is 0 Å². The molecule has 0 spiro atoms. The highest BCUT2D eigenvalue weighted by Gasteiger charge is 2.16. The highest BCUT2D eigenvalue weighted by Crippen LogP contribution is 2.28. The van der Waals surface area contributed by atoms with Gasteiger partial charge in [-0.25, -0.2) is 4.31 Å². The van der Waals surface area contributed by atoms with Crippen LogP contribution in [0.25, 0.3) is 11.0 Å². The molecule has 1 saturated heterocycles. The van der Waals surface area contributed by atoms with Crippen LogP contribution in [-0.2, 0) is 0 Å². The molecule has 2 aromatic heterocycles. The highest BCUT2D eigenvalue weighted by molar-refractivity contribution is 7.97. The molecule has 0 aliphatic carbocycles. The van der Waals surface area contributed by atoms with Crippen molar-refractivity contribution in [2.24, 2.45) is 5.14 Å². The summed E-state index contributed by atoms with van der Waals surface area (Å²) in [5, 5.41) is 13.4. The maximum atomic E-state index is 5.71. The van der Waals surface area contributed by atoms with Gasteiger partial charge >= 0.3 is 0 Å². The van der Waals surface area contributed by atoms with Gasteiger partial charge in [0.1, 0.15) is 11.5 Å². The van der Waals surface area contributed by atoms with Crippen molar-refractivity contribution in [2.45, 2.75) is 4.90 Å². The van der Waals surface area contributed by atoms with Gasteiger partial charge in [-0.05, 0) is 66.7 Å². The van der Waals surface area contributed by atoms with Crippen LogP contribution in [0.3, 0.4) is 0 Å². The molecule has 10 heteroatoms. The van der Waals surface area contributed by atoms with Crippen molar-refractivity contribution in [1.82, 2.24) is 19.3 Å². The number of nitrogens with two attached hydrogens (primary N) is 1. The van der Waals surface area contributed by atoms with Gasteiger partial charge in [-0.15, -0.1) is 0 Å². The quantitative estimate of drug-likeness (QED) is 0.279. The Morgan fingerprint density at radius 3 is 2.52 bits per heavy atom. The minimum Gasteiger partial charge on any atom is -0.369 e. The van der Waals surface area contributed by atoms with Crippen LogP contribution >= 0.6 is 23.9 Å². The summed E-state index contributed by atoms with van der Waals surface area (Å²) in [6.45, 7) is 4.24. The van der Waals surface area contributed by atoms with Gasteiger partial charge in [-0.2, -0.15) is 9.97 Å². The standard InChI is InChI=1S/C23H26N8S2/c1-32-31-13-11-30(12-14-31)18-7-5-16(6-8-18)27-23-28-21-20(9-10-25-21)22(29-23)26-17-3-2-4-19(15-17)33-24/h2-10,15H,11-14,24H2,1H3,(H3,25,26,27,28,29). The first kappa shape index (κ1) is 21.9. The second kappa shape index (κ2) is 9.92. The smallest absolute Gasteiger partial charge is 0.231 e. The minimum atomic E-state index is 0.526. The van der Waals surface area contributed by atoms with Crippen LogP contribution in [0.15, 0.2) is 65.7 Å². The van der Waals surface area contributed by atoms with Crippen LogP contribution in [0.5, 0.6) is 0 Å². The van der Waals surface area contributed by atoms with Crippen molar-refractivity contribution in [3.8, 4) is 0 Å². The van der Waals surface area contributed by atoms with E-state index < -0.39 is 0 Å². The number of aromatic nitrogens is 3. The number of hydrogen-bond acceptors (Lipinski definition) is 9. The van der Waals surface area contributed by atoms with Gasteiger partial charge in [0.2, 0.25) is 5.95 Å². The number of fused-ring (bicyclic) bond motifs is 1. The largest absolute Gasteiger partial charge is 0.369 e. The van der Waals surface area contributed by atoms with E-state index in [0.717, 1.165) is 59.3 Å². The Balaban J connectivity index is 1.34. The molecule has 4 aromatic rings. The summed E-state index contributed by atoms with van der Waals surface area (Å²) >= 11 is 3.04. The first-order chi connectivity index (χ1) is 16.2. The molecule has 8 nitrogen and oxygen atoms in total. The van der Waals surface area contributed by atoms with Crippen LogP contribution in [0.4, 0.5) is 28.8 Å². The lowest BCUT2D eigenvalue weighted by molar-refractivity contribution is 0.431. The molecule has 0 atom stereocenters. The molecule has 5 rings (SSSR count). The van der Waals surface area contributed by atoms with Crippen molar-refractivity contribution < 1.29 is 0 Å². The van der Waals surface area contributed by atoms with E-state index in [4.69, 9.17) is 10.1 Å². The summed E-state index contributed by atoms with van der Waals surface area (Å²) < 4.78 is 2.40. The molecule has 1 aliphatic heterocycles. The lowest BCUT2D eigenvalue weighted by Crippen LogP contribution is -2.43. The molecule has 0 bridgehead atoms. The molecular weight excluding hydrogens is 452 g/mol. The molecule has 1 aliphatic rings. The SMILES string of the molecule is CSN1CCN(c2ccc(Nc3nc(Nc4cccc(SN)c4)c4cc[nH]c4n3)cc2)CC1. The van der Waals surface area contributed by atoms with Gasteiger partial charge in [0, 0.05) is 54.3 Å². The van der Waals surface area contributed by atoms with Gasteiger partial charge in [-0.3, -0.25) is 5.14 Å². The van der Waals surface area contributed by atoms with Crippen molar-refractivity contribution >= 4 is 63.8 Å². The zero-order valence-electron chi connectivity index (χ0n) is 18.3. The molecule has 0 amide bonds. The highest BCUT2D eigenvalue weighted by atomic mass is 32.2. The number of benzene rings is 2. The Kier molecular flexibility index (Phi) is 6.58. The second-order valence-corrected chi connectivity index (χ2v) is 9.27. The van der Waals surface area contributed by atoms with E-state index in [1.165, 1.54) is 17.6 Å². The van der Waals surface area contributed by atoms with E-state index in [2.05, 4.69) is 60.3 Å². The van der Waals surface area contributed by atoms with Gasteiger partial charge in [0.05, 0.1) is 5.39 Å². The normalized spacial score (nSPS) is 14.5. The Morgan fingerprint density at radius 2 is 1.76 bits per heavy atom. The van der Waals surface area contributed by atoms with Crippen LogP contribution in [0.1, 0.15) is 0 Å². The molecule has 33 heavy (non-hydrogen) atoms. The predicted molar refractivity (Wildman–Crippen MR) is 141 cm³/mol. The average Bonchev–Trinajstić information content (AvgIpc) is 3.34. The fourth-order valence-electron chi connectivity index (χ4n) is 3.89. The zero-order chi connectivity index (χ0) is 22.6.